The molecule has 1 aromatic rings. The molecular formula is C13H17ClF2N2. The third-order valence-corrected chi connectivity index (χ3v) is 3.86. The van der Waals surface area contributed by atoms with Gasteiger partial charge in [-0.05, 0) is 19.1 Å². The van der Waals surface area contributed by atoms with Crippen molar-refractivity contribution in [2.75, 3.05) is 37.0 Å². The maximum Gasteiger partial charge on any atom is 0.149 e. The van der Waals surface area contributed by atoms with Gasteiger partial charge in [-0.25, -0.2) is 8.78 Å². The highest BCUT2D eigenvalue weighted by molar-refractivity contribution is 6.18. The van der Waals surface area contributed by atoms with E-state index in [0.29, 0.717) is 17.6 Å². The molecule has 1 heterocycles. The third-order valence-electron chi connectivity index (χ3n) is 3.41. The standard InChI is InChI=1S/C13H17ClF2N2/c1-10(9-14)17-4-6-18(7-5-17)13-3-2-11(15)8-12(13)16/h2-3,8,10H,4-7,9H2,1H3. The highest BCUT2D eigenvalue weighted by atomic mass is 35.5. The van der Waals surface area contributed by atoms with Gasteiger partial charge in [0, 0.05) is 44.2 Å². The molecule has 0 radical (unpaired) electrons. The summed E-state index contributed by atoms with van der Waals surface area (Å²) in [5, 5.41) is 0. The van der Waals surface area contributed by atoms with Crippen molar-refractivity contribution in [1.29, 1.82) is 0 Å². The van der Waals surface area contributed by atoms with Gasteiger partial charge in [0.05, 0.1) is 5.69 Å². The molecule has 5 heteroatoms. The molecule has 0 saturated carbocycles. The second-order valence-corrected chi connectivity index (χ2v) is 4.93. The summed E-state index contributed by atoms with van der Waals surface area (Å²) in [6.07, 6.45) is 0. The van der Waals surface area contributed by atoms with Crippen LogP contribution >= 0.6 is 11.6 Å². The van der Waals surface area contributed by atoms with E-state index in [4.69, 9.17) is 11.6 Å². The molecule has 2 rings (SSSR count). The molecule has 1 unspecified atom stereocenters. The van der Waals surface area contributed by atoms with E-state index in [1.165, 1.54) is 12.1 Å². The van der Waals surface area contributed by atoms with Crippen LogP contribution in [0.4, 0.5) is 14.5 Å². The zero-order chi connectivity index (χ0) is 13.1. The fourth-order valence-electron chi connectivity index (χ4n) is 2.24. The van der Waals surface area contributed by atoms with Crippen molar-refractivity contribution in [2.24, 2.45) is 0 Å². The average molecular weight is 275 g/mol. The molecule has 1 atom stereocenters. The van der Waals surface area contributed by atoms with Gasteiger partial charge in [0.25, 0.3) is 0 Å². The Kier molecular flexibility index (Phi) is 4.40. The quantitative estimate of drug-likeness (QED) is 0.782. The molecule has 1 aliphatic rings. The Bertz CT molecular complexity index is 406. The lowest BCUT2D eigenvalue weighted by molar-refractivity contribution is 0.211. The van der Waals surface area contributed by atoms with Crippen LogP contribution in [0.3, 0.4) is 0 Å². The van der Waals surface area contributed by atoms with Gasteiger partial charge in [0.15, 0.2) is 0 Å². The fourth-order valence-corrected chi connectivity index (χ4v) is 2.43. The van der Waals surface area contributed by atoms with Gasteiger partial charge < -0.3 is 4.90 Å². The van der Waals surface area contributed by atoms with E-state index in [0.717, 1.165) is 32.2 Å². The van der Waals surface area contributed by atoms with Gasteiger partial charge in [-0.1, -0.05) is 0 Å². The molecule has 100 valence electrons. The molecule has 0 amide bonds. The zero-order valence-electron chi connectivity index (χ0n) is 10.4. The molecule has 1 aliphatic heterocycles. The summed E-state index contributed by atoms with van der Waals surface area (Å²) in [5.74, 6) is -0.426. The van der Waals surface area contributed by atoms with Crippen molar-refractivity contribution >= 4 is 17.3 Å². The number of nitrogens with zero attached hydrogens (tertiary/aromatic N) is 2. The van der Waals surface area contributed by atoms with Crippen LogP contribution in [0.2, 0.25) is 0 Å². The number of benzene rings is 1. The van der Waals surface area contributed by atoms with Gasteiger partial charge in [-0.3, -0.25) is 4.90 Å². The second kappa shape index (κ2) is 5.85. The van der Waals surface area contributed by atoms with E-state index in [-0.39, 0.29) is 0 Å². The fraction of sp³-hybridized carbons (Fsp3) is 0.538. The summed E-state index contributed by atoms with van der Waals surface area (Å²) in [6.45, 7) is 5.27. The lowest BCUT2D eigenvalue weighted by Crippen LogP contribution is -2.50. The zero-order valence-corrected chi connectivity index (χ0v) is 11.1. The minimum absolute atomic E-state index is 0.340. The number of hydrogen-bond donors (Lipinski definition) is 0. The van der Waals surface area contributed by atoms with E-state index >= 15 is 0 Å². The molecule has 1 fully saturated rings. The Morgan fingerprint density at radius 3 is 2.44 bits per heavy atom. The lowest BCUT2D eigenvalue weighted by atomic mass is 10.2. The van der Waals surface area contributed by atoms with E-state index in [1.54, 1.807) is 0 Å². The first-order valence-corrected chi connectivity index (χ1v) is 6.65. The molecule has 0 N–H and O–H groups in total. The summed E-state index contributed by atoms with van der Waals surface area (Å²) in [7, 11) is 0. The van der Waals surface area contributed by atoms with E-state index in [1.807, 2.05) is 4.90 Å². The van der Waals surface area contributed by atoms with Gasteiger partial charge in [0.2, 0.25) is 0 Å². The van der Waals surface area contributed by atoms with Crippen molar-refractivity contribution in [3.63, 3.8) is 0 Å². The van der Waals surface area contributed by atoms with Crippen LogP contribution in [0.25, 0.3) is 0 Å². The molecule has 0 aromatic heterocycles. The molecule has 1 aromatic carbocycles. The predicted octanol–water partition coefficient (Wildman–Crippen LogP) is 2.71. The minimum atomic E-state index is -0.536. The van der Waals surface area contributed by atoms with Crippen LogP contribution in [0.15, 0.2) is 18.2 Å². The number of halogens is 3. The molecule has 0 spiro atoms. The van der Waals surface area contributed by atoms with Crippen molar-refractivity contribution in [3.05, 3.63) is 29.8 Å². The minimum Gasteiger partial charge on any atom is -0.367 e. The monoisotopic (exact) mass is 274 g/mol. The van der Waals surface area contributed by atoms with E-state index in [9.17, 15) is 8.78 Å². The summed E-state index contributed by atoms with van der Waals surface area (Å²) >= 11 is 5.82. The van der Waals surface area contributed by atoms with E-state index in [2.05, 4.69) is 11.8 Å². The van der Waals surface area contributed by atoms with Crippen molar-refractivity contribution in [3.8, 4) is 0 Å². The maximum absolute atomic E-state index is 13.6. The van der Waals surface area contributed by atoms with Crippen LogP contribution in [-0.2, 0) is 0 Å². The van der Waals surface area contributed by atoms with Crippen molar-refractivity contribution in [1.82, 2.24) is 4.90 Å². The normalized spacial score (nSPS) is 19.0. The Morgan fingerprint density at radius 2 is 1.89 bits per heavy atom. The van der Waals surface area contributed by atoms with Crippen molar-refractivity contribution in [2.45, 2.75) is 13.0 Å². The first-order chi connectivity index (χ1) is 8.61. The number of rotatable bonds is 3. The largest absolute Gasteiger partial charge is 0.367 e. The molecule has 0 aliphatic carbocycles. The summed E-state index contributed by atoms with van der Waals surface area (Å²) < 4.78 is 26.5. The Labute approximate surface area is 111 Å². The first-order valence-electron chi connectivity index (χ1n) is 6.12. The molecule has 0 bridgehead atoms. The topological polar surface area (TPSA) is 6.48 Å². The highest BCUT2D eigenvalue weighted by Gasteiger charge is 2.22. The third kappa shape index (κ3) is 2.93. The smallest absolute Gasteiger partial charge is 0.149 e. The maximum atomic E-state index is 13.6. The molecule has 2 nitrogen and oxygen atoms in total. The molecule has 18 heavy (non-hydrogen) atoms. The van der Waals surface area contributed by atoms with Crippen LogP contribution in [0, 0.1) is 11.6 Å². The Balaban J connectivity index is 2.01. The summed E-state index contributed by atoms with van der Waals surface area (Å²) in [6, 6.07) is 4.08. The van der Waals surface area contributed by atoms with Crippen molar-refractivity contribution < 1.29 is 8.78 Å². The number of piperazine rings is 1. The van der Waals surface area contributed by atoms with Gasteiger partial charge >= 0.3 is 0 Å². The SMILES string of the molecule is CC(CCl)N1CCN(c2ccc(F)cc2F)CC1. The number of alkyl halides is 1. The number of hydrogen-bond acceptors (Lipinski definition) is 2. The number of anilines is 1. The highest BCUT2D eigenvalue weighted by Crippen LogP contribution is 2.22. The van der Waals surface area contributed by atoms with E-state index < -0.39 is 11.6 Å². The Hall–Kier alpha value is -0.870. The Morgan fingerprint density at radius 1 is 1.22 bits per heavy atom. The molecule has 1 saturated heterocycles. The lowest BCUT2D eigenvalue weighted by Gasteiger charge is -2.38. The molecular weight excluding hydrogens is 258 g/mol. The summed E-state index contributed by atoms with van der Waals surface area (Å²) in [5.41, 5.74) is 0.481. The van der Waals surface area contributed by atoms with Gasteiger partial charge in [0.1, 0.15) is 11.6 Å². The first kappa shape index (κ1) is 13.6. The van der Waals surface area contributed by atoms with Crippen LogP contribution < -0.4 is 4.90 Å². The second-order valence-electron chi connectivity index (χ2n) is 4.62. The average Bonchev–Trinajstić information content (AvgIpc) is 2.38. The van der Waals surface area contributed by atoms with Crippen LogP contribution in [-0.4, -0.2) is 43.0 Å². The van der Waals surface area contributed by atoms with Gasteiger partial charge in [-0.15, -0.1) is 11.6 Å². The van der Waals surface area contributed by atoms with Crippen LogP contribution in [0.1, 0.15) is 6.92 Å². The van der Waals surface area contributed by atoms with Gasteiger partial charge in [-0.2, -0.15) is 0 Å². The predicted molar refractivity (Wildman–Crippen MR) is 70.3 cm³/mol. The summed E-state index contributed by atoms with van der Waals surface area (Å²) in [4.78, 5) is 4.23. The van der Waals surface area contributed by atoms with Crippen LogP contribution in [0.5, 0.6) is 0 Å².